The summed E-state index contributed by atoms with van der Waals surface area (Å²) in [7, 11) is 0. The molecule has 0 radical (unpaired) electrons. The average molecular weight is 375 g/mol. The van der Waals surface area contributed by atoms with Crippen molar-refractivity contribution in [1.29, 1.82) is 0 Å². The fraction of sp³-hybridized carbons (Fsp3) is 0.235. The number of ether oxygens (including phenoxy) is 1. The lowest BCUT2D eigenvalue weighted by molar-refractivity contribution is -0.138. The maximum absolute atomic E-state index is 11.9. The molecular weight excluding hydrogens is 358 g/mol. The number of carbonyl (C=O) groups is 4. The summed E-state index contributed by atoms with van der Waals surface area (Å²) in [6.45, 7) is 1.17. The lowest BCUT2D eigenvalue weighted by atomic mass is 10.2. The number of carbonyl (C=O) groups excluding carboxylic acids is 3. The van der Waals surface area contributed by atoms with Gasteiger partial charge in [-0.2, -0.15) is 0 Å². The van der Waals surface area contributed by atoms with E-state index in [-0.39, 0.29) is 24.2 Å². The minimum absolute atomic E-state index is 0.153. The number of anilines is 2. The van der Waals surface area contributed by atoms with E-state index in [0.29, 0.717) is 11.4 Å². The van der Waals surface area contributed by atoms with E-state index in [1.165, 1.54) is 30.3 Å². The first kappa shape index (κ1) is 19.6. The summed E-state index contributed by atoms with van der Waals surface area (Å²) < 4.78 is 9.69. The van der Waals surface area contributed by atoms with Crippen molar-refractivity contribution in [3.8, 4) is 0 Å². The molecule has 0 unspecified atom stereocenters. The van der Waals surface area contributed by atoms with Crippen molar-refractivity contribution in [2.75, 3.05) is 17.2 Å². The van der Waals surface area contributed by atoms with Gasteiger partial charge >= 0.3 is 11.9 Å². The monoisotopic (exact) mass is 375 g/mol. The van der Waals surface area contributed by atoms with E-state index in [1.807, 2.05) is 0 Å². The number of aliphatic carboxylic acids is 1. The van der Waals surface area contributed by atoms with Crippen molar-refractivity contribution in [3.05, 3.63) is 41.7 Å². The maximum Gasteiger partial charge on any atom is 0.338 e. The van der Waals surface area contributed by atoms with Gasteiger partial charge in [-0.25, -0.2) is 4.79 Å². The highest BCUT2D eigenvalue weighted by Gasteiger charge is 2.12. The van der Waals surface area contributed by atoms with E-state index in [9.17, 15) is 19.2 Å². The van der Waals surface area contributed by atoms with Gasteiger partial charge in [-0.15, -0.1) is 0 Å². The van der Waals surface area contributed by atoms with E-state index in [2.05, 4.69) is 15.8 Å². The minimum Gasteiger partial charge on any atom is -0.481 e. The fourth-order valence-corrected chi connectivity index (χ4v) is 1.95. The van der Waals surface area contributed by atoms with Crippen LogP contribution in [0.4, 0.5) is 11.5 Å². The Morgan fingerprint density at radius 1 is 1.07 bits per heavy atom. The Bertz CT molecular complexity index is 842. The van der Waals surface area contributed by atoms with Crippen LogP contribution in [0.1, 0.15) is 29.0 Å². The van der Waals surface area contributed by atoms with Gasteiger partial charge in [-0.1, -0.05) is 5.16 Å². The normalized spacial score (nSPS) is 10.1. The Morgan fingerprint density at radius 3 is 2.37 bits per heavy atom. The number of aromatic nitrogens is 1. The maximum atomic E-state index is 11.9. The highest BCUT2D eigenvalue weighted by molar-refractivity contribution is 5.96. The molecule has 2 aromatic rings. The highest BCUT2D eigenvalue weighted by Crippen LogP contribution is 2.12. The van der Waals surface area contributed by atoms with Gasteiger partial charge in [0.1, 0.15) is 5.76 Å². The number of benzene rings is 1. The van der Waals surface area contributed by atoms with Crippen molar-refractivity contribution in [2.45, 2.75) is 19.8 Å². The number of carboxylic acid groups (broad SMARTS) is 1. The molecule has 10 nitrogen and oxygen atoms in total. The molecule has 10 heteroatoms. The molecular formula is C17H17N3O7. The van der Waals surface area contributed by atoms with Crippen LogP contribution in [0.25, 0.3) is 0 Å². The second-order valence-corrected chi connectivity index (χ2v) is 5.47. The Hall–Kier alpha value is -3.69. The number of amides is 2. The first-order valence-corrected chi connectivity index (χ1v) is 7.85. The molecule has 0 saturated carbocycles. The van der Waals surface area contributed by atoms with Gasteiger partial charge in [0.15, 0.2) is 12.4 Å². The number of rotatable bonds is 8. The topological polar surface area (TPSA) is 148 Å². The number of esters is 1. The number of nitrogens with one attached hydrogen (secondary N) is 2. The number of aryl methyl sites for hydroxylation is 1. The zero-order valence-corrected chi connectivity index (χ0v) is 14.4. The predicted molar refractivity (Wildman–Crippen MR) is 92.1 cm³/mol. The number of hydrogen-bond acceptors (Lipinski definition) is 7. The fourth-order valence-electron chi connectivity index (χ4n) is 1.95. The molecule has 0 bridgehead atoms. The molecule has 0 aliphatic rings. The van der Waals surface area contributed by atoms with E-state index in [0.717, 1.165) is 0 Å². The Morgan fingerprint density at radius 2 is 1.78 bits per heavy atom. The molecule has 0 spiro atoms. The molecule has 0 fully saturated rings. The molecule has 1 aromatic heterocycles. The molecule has 0 saturated heterocycles. The zero-order valence-electron chi connectivity index (χ0n) is 14.4. The molecule has 142 valence electrons. The molecule has 0 aliphatic carbocycles. The average Bonchev–Trinajstić information content (AvgIpc) is 3.03. The van der Waals surface area contributed by atoms with Gasteiger partial charge in [0.05, 0.1) is 12.0 Å². The third-order valence-electron chi connectivity index (χ3n) is 3.20. The summed E-state index contributed by atoms with van der Waals surface area (Å²) in [6.07, 6.45) is -0.425. The van der Waals surface area contributed by atoms with Crippen molar-refractivity contribution in [2.24, 2.45) is 0 Å². The van der Waals surface area contributed by atoms with Gasteiger partial charge in [0.2, 0.25) is 5.91 Å². The summed E-state index contributed by atoms with van der Waals surface area (Å²) in [6, 6.07) is 7.27. The summed E-state index contributed by atoms with van der Waals surface area (Å²) in [5.74, 6) is -2.06. The van der Waals surface area contributed by atoms with Crippen LogP contribution < -0.4 is 10.6 Å². The summed E-state index contributed by atoms with van der Waals surface area (Å²) in [5.41, 5.74) is 0.588. The van der Waals surface area contributed by atoms with Crippen molar-refractivity contribution < 1.29 is 33.5 Å². The van der Waals surface area contributed by atoms with Crippen LogP contribution >= 0.6 is 0 Å². The molecule has 27 heavy (non-hydrogen) atoms. The van der Waals surface area contributed by atoms with Crippen LogP contribution in [0.5, 0.6) is 0 Å². The summed E-state index contributed by atoms with van der Waals surface area (Å²) in [5, 5.41) is 17.0. The first-order valence-electron chi connectivity index (χ1n) is 7.85. The van der Waals surface area contributed by atoms with Crippen molar-refractivity contribution >= 4 is 35.3 Å². The number of carboxylic acids is 1. The molecule has 1 aromatic carbocycles. The van der Waals surface area contributed by atoms with Gasteiger partial charge in [0, 0.05) is 18.2 Å². The Labute approximate surface area is 153 Å². The number of hydrogen-bond donors (Lipinski definition) is 3. The van der Waals surface area contributed by atoms with Crippen molar-refractivity contribution in [3.63, 3.8) is 0 Å². The quantitative estimate of drug-likeness (QED) is 0.589. The van der Waals surface area contributed by atoms with Crippen LogP contribution in [-0.4, -0.2) is 40.6 Å². The Balaban J connectivity index is 1.80. The van der Waals surface area contributed by atoms with Gasteiger partial charge < -0.3 is 25.0 Å². The van der Waals surface area contributed by atoms with Crippen LogP contribution in [0, 0.1) is 6.92 Å². The summed E-state index contributed by atoms with van der Waals surface area (Å²) in [4.78, 5) is 45.6. The van der Waals surface area contributed by atoms with Gasteiger partial charge in [0.25, 0.3) is 5.91 Å². The lowest BCUT2D eigenvalue weighted by Crippen LogP contribution is -2.21. The molecule has 3 N–H and O–H groups in total. The van der Waals surface area contributed by atoms with Crippen LogP contribution in [0.3, 0.4) is 0 Å². The third kappa shape index (κ3) is 6.61. The van der Waals surface area contributed by atoms with Crippen LogP contribution in [0.15, 0.2) is 34.9 Å². The molecule has 1 heterocycles. The second-order valence-electron chi connectivity index (χ2n) is 5.47. The van der Waals surface area contributed by atoms with Crippen LogP contribution in [0.2, 0.25) is 0 Å². The predicted octanol–water partition coefficient (Wildman–Crippen LogP) is 1.58. The highest BCUT2D eigenvalue weighted by atomic mass is 16.5. The third-order valence-corrected chi connectivity index (χ3v) is 3.20. The van der Waals surface area contributed by atoms with E-state index in [1.54, 1.807) is 6.92 Å². The molecule has 2 rings (SSSR count). The lowest BCUT2D eigenvalue weighted by Gasteiger charge is -2.07. The summed E-state index contributed by atoms with van der Waals surface area (Å²) >= 11 is 0. The van der Waals surface area contributed by atoms with Gasteiger partial charge in [-0.05, 0) is 31.2 Å². The first-order chi connectivity index (χ1) is 12.8. The van der Waals surface area contributed by atoms with Crippen molar-refractivity contribution in [1.82, 2.24) is 5.16 Å². The minimum atomic E-state index is -1.06. The zero-order chi connectivity index (χ0) is 19.8. The van der Waals surface area contributed by atoms with E-state index in [4.69, 9.17) is 14.4 Å². The SMILES string of the molecule is Cc1cc(NC(=O)COC(=O)c2ccc(NC(=O)CCC(=O)O)cc2)no1. The largest absolute Gasteiger partial charge is 0.481 e. The van der Waals surface area contributed by atoms with E-state index < -0.39 is 30.4 Å². The van der Waals surface area contributed by atoms with E-state index >= 15 is 0 Å². The second kappa shape index (κ2) is 9.13. The van der Waals surface area contributed by atoms with Gasteiger partial charge in [-0.3, -0.25) is 14.4 Å². The number of nitrogens with zero attached hydrogens (tertiary/aromatic N) is 1. The molecule has 2 amide bonds. The molecule has 0 aliphatic heterocycles. The molecule has 0 atom stereocenters. The standard InChI is InChI=1S/C17H17N3O7/c1-10-8-13(20-27-10)19-15(22)9-26-17(25)11-2-4-12(5-3-11)18-14(21)6-7-16(23)24/h2-5,8H,6-7,9H2,1H3,(H,18,21)(H,23,24)(H,19,20,22). The Kier molecular flexibility index (Phi) is 6.64. The smallest absolute Gasteiger partial charge is 0.338 e. The van der Waals surface area contributed by atoms with Crippen LogP contribution in [-0.2, 0) is 19.1 Å².